The smallest absolute Gasteiger partial charge is 0.00177 e. The maximum atomic E-state index is 3.55. The fourth-order valence-electron chi connectivity index (χ4n) is 2.95. The molecule has 1 saturated heterocycles. The molecule has 2 aliphatic rings. The summed E-state index contributed by atoms with van der Waals surface area (Å²) in [5.74, 6) is 4.06. The molecule has 1 aliphatic heterocycles. The molecule has 13 heavy (non-hydrogen) atoms. The average Bonchev–Trinajstić information content (AvgIpc) is 2.87. The van der Waals surface area contributed by atoms with Crippen molar-refractivity contribution >= 4 is 0 Å². The topological polar surface area (TPSA) is 12.0 Å². The van der Waals surface area contributed by atoms with Crippen molar-refractivity contribution in [1.82, 2.24) is 5.32 Å². The van der Waals surface area contributed by atoms with Gasteiger partial charge in [0, 0.05) is 0 Å². The fourth-order valence-corrected chi connectivity index (χ4v) is 2.95. The van der Waals surface area contributed by atoms with Crippen LogP contribution in [0.25, 0.3) is 0 Å². The van der Waals surface area contributed by atoms with Gasteiger partial charge in [-0.2, -0.15) is 0 Å². The second-order valence-electron chi connectivity index (χ2n) is 5.38. The molecule has 1 nitrogen and oxygen atoms in total. The maximum Gasteiger partial charge on any atom is -0.00177 e. The van der Waals surface area contributed by atoms with Gasteiger partial charge >= 0.3 is 0 Å². The van der Waals surface area contributed by atoms with Crippen molar-refractivity contribution in [2.75, 3.05) is 13.1 Å². The second-order valence-corrected chi connectivity index (χ2v) is 5.38. The van der Waals surface area contributed by atoms with Crippen LogP contribution >= 0.6 is 0 Å². The molecule has 0 aromatic carbocycles. The quantitative estimate of drug-likeness (QED) is 0.706. The van der Waals surface area contributed by atoms with Crippen molar-refractivity contribution in [3.05, 3.63) is 0 Å². The van der Waals surface area contributed by atoms with Crippen LogP contribution in [-0.2, 0) is 0 Å². The molecule has 2 unspecified atom stereocenters. The molecule has 0 aromatic heterocycles. The molecule has 1 heteroatoms. The lowest BCUT2D eigenvalue weighted by Crippen LogP contribution is -2.38. The van der Waals surface area contributed by atoms with E-state index < -0.39 is 0 Å². The Morgan fingerprint density at radius 2 is 2.00 bits per heavy atom. The highest BCUT2D eigenvalue weighted by molar-refractivity contribution is 4.89. The number of piperidine rings is 1. The van der Waals surface area contributed by atoms with Gasteiger partial charge in [-0.05, 0) is 62.4 Å². The zero-order valence-electron chi connectivity index (χ0n) is 9.05. The molecule has 0 aromatic rings. The molecule has 2 rings (SSSR count). The molecule has 1 N–H and O–H groups in total. The van der Waals surface area contributed by atoms with E-state index in [0.29, 0.717) is 0 Å². The summed E-state index contributed by atoms with van der Waals surface area (Å²) < 4.78 is 0. The summed E-state index contributed by atoms with van der Waals surface area (Å²) in [4.78, 5) is 0. The van der Waals surface area contributed by atoms with Gasteiger partial charge in [0.25, 0.3) is 0 Å². The lowest BCUT2D eigenvalue weighted by Gasteiger charge is -2.33. The number of nitrogens with one attached hydrogen (secondary N) is 1. The van der Waals surface area contributed by atoms with E-state index in [9.17, 15) is 0 Å². The van der Waals surface area contributed by atoms with E-state index in [0.717, 1.165) is 23.7 Å². The minimum Gasteiger partial charge on any atom is -0.316 e. The number of hydrogen-bond acceptors (Lipinski definition) is 1. The van der Waals surface area contributed by atoms with Crippen LogP contribution in [0.2, 0.25) is 0 Å². The molecule has 2 fully saturated rings. The lowest BCUT2D eigenvalue weighted by atomic mass is 9.78. The molecule has 1 heterocycles. The van der Waals surface area contributed by atoms with E-state index in [2.05, 4.69) is 19.2 Å². The summed E-state index contributed by atoms with van der Waals surface area (Å²) in [6, 6.07) is 0. The lowest BCUT2D eigenvalue weighted by molar-refractivity contribution is 0.196. The molecular weight excluding hydrogens is 158 g/mol. The van der Waals surface area contributed by atoms with Crippen LogP contribution < -0.4 is 5.32 Å². The predicted molar refractivity (Wildman–Crippen MR) is 56.6 cm³/mol. The van der Waals surface area contributed by atoms with Gasteiger partial charge < -0.3 is 5.32 Å². The average molecular weight is 181 g/mol. The highest BCUT2D eigenvalue weighted by atomic mass is 14.9. The van der Waals surface area contributed by atoms with E-state index >= 15 is 0 Å². The summed E-state index contributed by atoms with van der Waals surface area (Å²) in [5.41, 5.74) is 0. The van der Waals surface area contributed by atoms with Gasteiger partial charge in [0.1, 0.15) is 0 Å². The number of rotatable bonds is 3. The standard InChI is InChI=1S/C12H23N/c1-9(2)7-11-8-13-6-5-12(11)10-3-4-10/h9-13H,3-8H2,1-2H3. The Hall–Kier alpha value is -0.0400. The van der Waals surface area contributed by atoms with Gasteiger partial charge in [0.05, 0.1) is 0 Å². The Labute approximate surface area is 82.3 Å². The van der Waals surface area contributed by atoms with E-state index in [1.165, 1.54) is 38.8 Å². The van der Waals surface area contributed by atoms with E-state index in [1.54, 1.807) is 0 Å². The normalized spacial score (nSPS) is 35.3. The monoisotopic (exact) mass is 181 g/mol. The molecular formula is C12H23N. The minimum absolute atomic E-state index is 0.881. The summed E-state index contributed by atoms with van der Waals surface area (Å²) in [5, 5.41) is 3.55. The summed E-state index contributed by atoms with van der Waals surface area (Å²) in [6.45, 7) is 7.28. The highest BCUT2D eigenvalue weighted by Gasteiger charge is 2.37. The summed E-state index contributed by atoms with van der Waals surface area (Å²) in [6.07, 6.45) is 5.94. The first-order valence-electron chi connectivity index (χ1n) is 5.98. The Morgan fingerprint density at radius 3 is 2.62 bits per heavy atom. The Bertz CT molecular complexity index is 161. The molecule has 1 saturated carbocycles. The van der Waals surface area contributed by atoms with Crippen LogP contribution in [0.5, 0.6) is 0 Å². The van der Waals surface area contributed by atoms with E-state index in [-0.39, 0.29) is 0 Å². The third-order valence-electron chi connectivity index (χ3n) is 3.67. The van der Waals surface area contributed by atoms with Crippen molar-refractivity contribution in [3.63, 3.8) is 0 Å². The van der Waals surface area contributed by atoms with Crippen molar-refractivity contribution in [3.8, 4) is 0 Å². The zero-order valence-corrected chi connectivity index (χ0v) is 9.05. The largest absolute Gasteiger partial charge is 0.316 e. The van der Waals surface area contributed by atoms with Crippen molar-refractivity contribution < 1.29 is 0 Å². The van der Waals surface area contributed by atoms with Crippen molar-refractivity contribution in [2.24, 2.45) is 23.7 Å². The van der Waals surface area contributed by atoms with Crippen LogP contribution in [0.15, 0.2) is 0 Å². The first-order valence-corrected chi connectivity index (χ1v) is 5.98. The van der Waals surface area contributed by atoms with Gasteiger partial charge in [-0.15, -0.1) is 0 Å². The van der Waals surface area contributed by atoms with Crippen molar-refractivity contribution in [1.29, 1.82) is 0 Å². The summed E-state index contributed by atoms with van der Waals surface area (Å²) in [7, 11) is 0. The van der Waals surface area contributed by atoms with Gasteiger partial charge in [0.15, 0.2) is 0 Å². The first-order chi connectivity index (χ1) is 6.27. The van der Waals surface area contributed by atoms with Crippen LogP contribution in [0.4, 0.5) is 0 Å². The van der Waals surface area contributed by atoms with Crippen LogP contribution in [0.3, 0.4) is 0 Å². The Morgan fingerprint density at radius 1 is 1.23 bits per heavy atom. The fraction of sp³-hybridized carbons (Fsp3) is 1.00. The molecule has 0 amide bonds. The molecule has 0 radical (unpaired) electrons. The maximum absolute atomic E-state index is 3.55. The SMILES string of the molecule is CC(C)CC1CNCCC1C1CC1. The molecule has 0 bridgehead atoms. The first kappa shape index (κ1) is 9.51. The Kier molecular flexibility index (Phi) is 2.92. The van der Waals surface area contributed by atoms with Gasteiger partial charge in [-0.25, -0.2) is 0 Å². The van der Waals surface area contributed by atoms with Crippen molar-refractivity contribution in [2.45, 2.75) is 39.5 Å². The van der Waals surface area contributed by atoms with E-state index in [4.69, 9.17) is 0 Å². The highest BCUT2D eigenvalue weighted by Crippen LogP contribution is 2.44. The molecule has 76 valence electrons. The van der Waals surface area contributed by atoms with Gasteiger partial charge in [-0.3, -0.25) is 0 Å². The van der Waals surface area contributed by atoms with Gasteiger partial charge in [-0.1, -0.05) is 13.8 Å². The van der Waals surface area contributed by atoms with Crippen LogP contribution in [-0.4, -0.2) is 13.1 Å². The minimum atomic E-state index is 0.881. The molecule has 0 spiro atoms. The molecule has 1 aliphatic carbocycles. The van der Waals surface area contributed by atoms with Crippen LogP contribution in [0, 0.1) is 23.7 Å². The third-order valence-corrected chi connectivity index (χ3v) is 3.67. The Balaban J connectivity index is 1.88. The predicted octanol–water partition coefficient (Wildman–Crippen LogP) is 2.67. The molecule has 2 atom stereocenters. The van der Waals surface area contributed by atoms with E-state index in [1.807, 2.05) is 0 Å². The van der Waals surface area contributed by atoms with Gasteiger partial charge in [0.2, 0.25) is 0 Å². The van der Waals surface area contributed by atoms with Crippen LogP contribution in [0.1, 0.15) is 39.5 Å². The number of hydrogen-bond donors (Lipinski definition) is 1. The zero-order chi connectivity index (χ0) is 9.26. The third kappa shape index (κ3) is 2.46. The second kappa shape index (κ2) is 4.00. The summed E-state index contributed by atoms with van der Waals surface area (Å²) >= 11 is 0.